The Balaban J connectivity index is 1.87. The molecule has 27 heavy (non-hydrogen) atoms. The molecular weight excluding hydrogens is 336 g/mol. The van der Waals surface area contributed by atoms with Crippen LogP contribution in [0.15, 0.2) is 66.9 Å². The fraction of sp³-hybridized carbons (Fsp3) is 0.217. The fourth-order valence-corrected chi connectivity index (χ4v) is 2.75. The maximum Gasteiger partial charge on any atom is 0.259 e. The number of benzene rings is 2. The van der Waals surface area contributed by atoms with Crippen molar-refractivity contribution in [2.24, 2.45) is 0 Å². The summed E-state index contributed by atoms with van der Waals surface area (Å²) in [4.78, 5) is 17.2. The highest BCUT2D eigenvalue weighted by Gasteiger charge is 2.16. The molecule has 0 saturated heterocycles. The van der Waals surface area contributed by atoms with Gasteiger partial charge >= 0.3 is 0 Å². The van der Waals surface area contributed by atoms with Crippen molar-refractivity contribution in [1.82, 2.24) is 4.98 Å². The van der Waals surface area contributed by atoms with Gasteiger partial charge in [-0.3, -0.25) is 9.78 Å². The minimum Gasteiger partial charge on any atom is -0.488 e. The third-order valence-electron chi connectivity index (χ3n) is 4.41. The van der Waals surface area contributed by atoms with Crippen molar-refractivity contribution in [3.05, 3.63) is 89.2 Å². The number of amides is 1. The minimum absolute atomic E-state index is 0.198. The summed E-state index contributed by atoms with van der Waals surface area (Å²) < 4.78 is 5.97. The van der Waals surface area contributed by atoms with E-state index in [0.29, 0.717) is 29.5 Å². The van der Waals surface area contributed by atoms with Gasteiger partial charge in [0.2, 0.25) is 0 Å². The van der Waals surface area contributed by atoms with E-state index in [1.807, 2.05) is 61.5 Å². The van der Waals surface area contributed by atoms with Gasteiger partial charge in [0, 0.05) is 6.20 Å². The molecule has 0 aliphatic rings. The summed E-state index contributed by atoms with van der Waals surface area (Å²) in [6.07, 6.45) is 1.71. The molecular formula is C23H24N2O2. The summed E-state index contributed by atoms with van der Waals surface area (Å²) in [6.45, 7) is 6.49. The molecule has 0 atom stereocenters. The lowest BCUT2D eigenvalue weighted by Crippen LogP contribution is -2.15. The molecule has 0 bridgehead atoms. The van der Waals surface area contributed by atoms with Crippen LogP contribution < -0.4 is 10.1 Å². The van der Waals surface area contributed by atoms with Gasteiger partial charge < -0.3 is 10.1 Å². The predicted octanol–water partition coefficient (Wildman–Crippen LogP) is 5.34. The minimum atomic E-state index is -0.198. The molecule has 0 spiro atoms. The molecule has 138 valence electrons. The number of aryl methyl sites for hydroxylation is 1. The smallest absolute Gasteiger partial charge is 0.259 e. The molecule has 1 amide bonds. The molecule has 2 aromatic carbocycles. The first-order chi connectivity index (χ1) is 13.0. The third kappa shape index (κ3) is 4.73. The SMILES string of the molecule is Cc1ncccc1NC(=O)c1cc(C(C)C)ccc1OCc1ccccc1. The van der Waals surface area contributed by atoms with Crippen LogP contribution in [0.1, 0.15) is 46.9 Å². The highest BCUT2D eigenvalue weighted by Crippen LogP contribution is 2.26. The quantitative estimate of drug-likeness (QED) is 0.645. The monoisotopic (exact) mass is 360 g/mol. The second-order valence-corrected chi connectivity index (χ2v) is 6.78. The summed E-state index contributed by atoms with van der Waals surface area (Å²) in [5, 5.41) is 2.95. The predicted molar refractivity (Wildman–Crippen MR) is 108 cm³/mol. The average Bonchev–Trinajstić information content (AvgIpc) is 2.68. The molecule has 0 aliphatic carbocycles. The molecule has 4 nitrogen and oxygen atoms in total. The molecule has 1 aromatic heterocycles. The Labute approximate surface area is 160 Å². The molecule has 1 N–H and O–H groups in total. The Hall–Kier alpha value is -3.14. The van der Waals surface area contributed by atoms with E-state index in [0.717, 1.165) is 16.8 Å². The topological polar surface area (TPSA) is 51.2 Å². The highest BCUT2D eigenvalue weighted by atomic mass is 16.5. The lowest BCUT2D eigenvalue weighted by atomic mass is 10.00. The van der Waals surface area contributed by atoms with Crippen molar-refractivity contribution in [3.8, 4) is 5.75 Å². The second kappa shape index (κ2) is 8.49. The Bertz CT molecular complexity index is 921. The zero-order valence-corrected chi connectivity index (χ0v) is 15.9. The molecule has 3 rings (SSSR count). The first kappa shape index (κ1) is 18.6. The standard InChI is InChI=1S/C23H24N2O2/c1-16(2)19-11-12-22(27-15-18-8-5-4-6-9-18)20(14-19)23(26)25-21-10-7-13-24-17(21)3/h4-14,16H,15H2,1-3H3,(H,25,26). The van der Waals surface area contributed by atoms with E-state index in [2.05, 4.69) is 24.1 Å². The normalized spacial score (nSPS) is 10.7. The number of pyridine rings is 1. The maximum atomic E-state index is 13.0. The Morgan fingerprint density at radius 1 is 1.07 bits per heavy atom. The molecule has 0 fully saturated rings. The number of carbonyl (C=O) groups is 1. The first-order valence-corrected chi connectivity index (χ1v) is 9.08. The summed E-state index contributed by atoms with van der Waals surface area (Å²) in [7, 11) is 0. The van der Waals surface area contributed by atoms with Crippen LogP contribution in [0.2, 0.25) is 0 Å². The van der Waals surface area contributed by atoms with Gasteiger partial charge in [-0.05, 0) is 48.2 Å². The number of ether oxygens (including phenoxy) is 1. The van der Waals surface area contributed by atoms with E-state index in [1.165, 1.54) is 0 Å². The van der Waals surface area contributed by atoms with Crippen LogP contribution in [0.5, 0.6) is 5.75 Å². The molecule has 1 heterocycles. The second-order valence-electron chi connectivity index (χ2n) is 6.78. The fourth-order valence-electron chi connectivity index (χ4n) is 2.75. The van der Waals surface area contributed by atoms with Gasteiger partial charge in [0.05, 0.1) is 16.9 Å². The van der Waals surface area contributed by atoms with Crippen molar-refractivity contribution < 1.29 is 9.53 Å². The molecule has 0 saturated carbocycles. The van der Waals surface area contributed by atoms with Crippen LogP contribution in [0, 0.1) is 6.92 Å². The summed E-state index contributed by atoms with van der Waals surface area (Å²) in [5.41, 5.74) is 4.15. The van der Waals surface area contributed by atoms with Crippen molar-refractivity contribution in [2.75, 3.05) is 5.32 Å². The van der Waals surface area contributed by atoms with E-state index in [1.54, 1.807) is 12.3 Å². The third-order valence-corrected chi connectivity index (χ3v) is 4.41. The van der Waals surface area contributed by atoms with Gasteiger partial charge in [-0.15, -0.1) is 0 Å². The van der Waals surface area contributed by atoms with E-state index < -0.39 is 0 Å². The number of rotatable bonds is 6. The zero-order chi connectivity index (χ0) is 19.2. The lowest BCUT2D eigenvalue weighted by molar-refractivity contribution is 0.102. The molecule has 4 heteroatoms. The number of hydrogen-bond acceptors (Lipinski definition) is 3. The molecule has 0 radical (unpaired) electrons. The number of nitrogens with zero attached hydrogens (tertiary/aromatic N) is 1. The van der Waals surface area contributed by atoms with Gasteiger partial charge in [0.1, 0.15) is 12.4 Å². The van der Waals surface area contributed by atoms with Crippen LogP contribution in [0.4, 0.5) is 5.69 Å². The van der Waals surface area contributed by atoms with Gasteiger partial charge in [-0.25, -0.2) is 0 Å². The molecule has 0 unspecified atom stereocenters. The number of nitrogens with one attached hydrogen (secondary N) is 1. The van der Waals surface area contributed by atoms with Gasteiger partial charge in [-0.2, -0.15) is 0 Å². The largest absolute Gasteiger partial charge is 0.488 e. The van der Waals surface area contributed by atoms with Crippen molar-refractivity contribution in [3.63, 3.8) is 0 Å². The summed E-state index contributed by atoms with van der Waals surface area (Å²) >= 11 is 0. The number of anilines is 1. The van der Waals surface area contributed by atoms with Crippen LogP contribution >= 0.6 is 0 Å². The maximum absolute atomic E-state index is 13.0. The van der Waals surface area contributed by atoms with Crippen LogP contribution in [-0.2, 0) is 6.61 Å². The van der Waals surface area contributed by atoms with Gasteiger partial charge in [0.15, 0.2) is 0 Å². The van der Waals surface area contributed by atoms with Crippen LogP contribution in [-0.4, -0.2) is 10.9 Å². The van der Waals surface area contributed by atoms with Crippen molar-refractivity contribution in [1.29, 1.82) is 0 Å². The Morgan fingerprint density at radius 2 is 1.85 bits per heavy atom. The summed E-state index contributed by atoms with van der Waals surface area (Å²) in [6, 6.07) is 19.4. The van der Waals surface area contributed by atoms with E-state index in [-0.39, 0.29) is 5.91 Å². The van der Waals surface area contributed by atoms with E-state index in [4.69, 9.17) is 4.74 Å². The summed E-state index contributed by atoms with van der Waals surface area (Å²) in [5.74, 6) is 0.693. The van der Waals surface area contributed by atoms with E-state index >= 15 is 0 Å². The average molecular weight is 360 g/mol. The number of hydrogen-bond donors (Lipinski definition) is 1. The van der Waals surface area contributed by atoms with E-state index in [9.17, 15) is 4.79 Å². The highest BCUT2D eigenvalue weighted by molar-refractivity contribution is 6.06. The number of aromatic nitrogens is 1. The van der Waals surface area contributed by atoms with Crippen LogP contribution in [0.3, 0.4) is 0 Å². The number of carbonyl (C=O) groups excluding carboxylic acids is 1. The lowest BCUT2D eigenvalue weighted by Gasteiger charge is -2.15. The Kier molecular flexibility index (Phi) is 5.87. The first-order valence-electron chi connectivity index (χ1n) is 9.08. The Morgan fingerprint density at radius 3 is 2.56 bits per heavy atom. The molecule has 0 aliphatic heterocycles. The van der Waals surface area contributed by atoms with Gasteiger partial charge in [0.25, 0.3) is 5.91 Å². The van der Waals surface area contributed by atoms with Gasteiger partial charge in [-0.1, -0.05) is 50.2 Å². The van der Waals surface area contributed by atoms with Crippen molar-refractivity contribution >= 4 is 11.6 Å². The van der Waals surface area contributed by atoms with Crippen molar-refractivity contribution in [2.45, 2.75) is 33.3 Å². The molecule has 3 aromatic rings. The zero-order valence-electron chi connectivity index (χ0n) is 15.9. The van der Waals surface area contributed by atoms with Crippen LogP contribution in [0.25, 0.3) is 0 Å².